The molecule has 6 nitrogen and oxygen atoms in total. The first-order valence-electron chi connectivity index (χ1n) is 10.2. The minimum Gasteiger partial charge on any atom is -0.369 e. The van der Waals surface area contributed by atoms with Crippen LogP contribution in [0.15, 0.2) is 30.3 Å². The van der Waals surface area contributed by atoms with Crippen molar-refractivity contribution in [2.45, 2.75) is 53.4 Å². The fourth-order valence-electron chi connectivity index (χ4n) is 3.97. The molecule has 0 aliphatic carbocycles. The number of aromatic amines is 1. The van der Waals surface area contributed by atoms with Gasteiger partial charge in [-0.1, -0.05) is 32.0 Å². The largest absolute Gasteiger partial charge is 0.369 e. The normalized spacial score (nSPS) is 14.7. The Bertz CT molecular complexity index is 915. The maximum Gasteiger partial charge on any atom is 0.197 e. The monoisotopic (exact) mass is 380 g/mol. The van der Waals surface area contributed by atoms with Crippen LogP contribution in [-0.2, 0) is 0 Å². The van der Waals surface area contributed by atoms with E-state index in [1.165, 1.54) is 11.4 Å². The van der Waals surface area contributed by atoms with Crippen LogP contribution in [0.25, 0.3) is 5.69 Å². The smallest absolute Gasteiger partial charge is 0.197 e. The van der Waals surface area contributed by atoms with E-state index in [1.807, 2.05) is 13.8 Å². The average molecular weight is 381 g/mol. The highest BCUT2D eigenvalue weighted by Gasteiger charge is 2.26. The van der Waals surface area contributed by atoms with Gasteiger partial charge in [-0.25, -0.2) is 9.67 Å². The Morgan fingerprint density at radius 2 is 1.75 bits per heavy atom. The summed E-state index contributed by atoms with van der Waals surface area (Å²) in [5.41, 5.74) is 11.5. The quantitative estimate of drug-likeness (QED) is 0.701. The number of aromatic nitrogens is 4. The zero-order valence-electron chi connectivity index (χ0n) is 17.7. The number of nitrogen functional groups attached to an aromatic ring is 1. The van der Waals surface area contributed by atoms with Crippen molar-refractivity contribution in [2.75, 3.05) is 23.7 Å². The highest BCUT2D eigenvalue weighted by molar-refractivity contribution is 5.51. The number of nitrogens with zero attached hydrogens (tertiary/aromatic N) is 4. The van der Waals surface area contributed by atoms with E-state index in [2.05, 4.69) is 70.7 Å². The van der Waals surface area contributed by atoms with Gasteiger partial charge in [-0.15, -0.1) is 0 Å². The summed E-state index contributed by atoms with van der Waals surface area (Å²) in [4.78, 5) is 10.1. The zero-order chi connectivity index (χ0) is 20.3. The Hall–Kier alpha value is -2.76. The number of H-pyrrole nitrogens is 1. The van der Waals surface area contributed by atoms with Crippen molar-refractivity contribution in [2.24, 2.45) is 0 Å². The molecule has 0 saturated carbocycles. The summed E-state index contributed by atoms with van der Waals surface area (Å²) >= 11 is 0. The Balaban J connectivity index is 0.00000109. The number of piperidine rings is 1. The lowest BCUT2D eigenvalue weighted by Crippen LogP contribution is -2.34. The van der Waals surface area contributed by atoms with Crippen LogP contribution in [-0.4, -0.2) is 32.8 Å². The zero-order valence-corrected chi connectivity index (χ0v) is 17.7. The van der Waals surface area contributed by atoms with E-state index in [9.17, 15) is 0 Å². The lowest BCUT2D eigenvalue weighted by molar-refractivity contribution is 0.490. The fourth-order valence-corrected chi connectivity index (χ4v) is 3.97. The van der Waals surface area contributed by atoms with Gasteiger partial charge in [0.15, 0.2) is 5.95 Å². The molecule has 0 unspecified atom stereocenters. The SMILES string of the molecule is CC.Cc1cc(N2CCC(c3nc(N)[nH]c3C)CC2)n(-c2ccccc2C)n1. The molecule has 1 aliphatic rings. The predicted molar refractivity (Wildman–Crippen MR) is 116 cm³/mol. The van der Waals surface area contributed by atoms with Gasteiger partial charge >= 0.3 is 0 Å². The van der Waals surface area contributed by atoms with Crippen LogP contribution in [0.2, 0.25) is 0 Å². The van der Waals surface area contributed by atoms with E-state index >= 15 is 0 Å². The van der Waals surface area contributed by atoms with E-state index in [-0.39, 0.29) is 0 Å². The predicted octanol–water partition coefficient (Wildman–Crippen LogP) is 4.51. The number of rotatable bonds is 3. The first-order chi connectivity index (χ1) is 13.5. The van der Waals surface area contributed by atoms with Crippen LogP contribution in [0.4, 0.5) is 11.8 Å². The second-order valence-corrected chi connectivity index (χ2v) is 7.24. The van der Waals surface area contributed by atoms with Crippen LogP contribution >= 0.6 is 0 Å². The molecule has 1 aromatic carbocycles. The summed E-state index contributed by atoms with van der Waals surface area (Å²) in [6.07, 6.45) is 2.15. The third-order valence-electron chi connectivity index (χ3n) is 5.30. The summed E-state index contributed by atoms with van der Waals surface area (Å²) in [6, 6.07) is 10.6. The minimum atomic E-state index is 0.468. The Morgan fingerprint density at radius 3 is 2.36 bits per heavy atom. The average Bonchev–Trinajstić information content (AvgIpc) is 3.25. The van der Waals surface area contributed by atoms with Gasteiger partial charge < -0.3 is 15.6 Å². The topological polar surface area (TPSA) is 75.8 Å². The van der Waals surface area contributed by atoms with E-state index in [0.29, 0.717) is 11.9 Å². The highest BCUT2D eigenvalue weighted by Crippen LogP contribution is 2.32. The molecule has 3 N–H and O–H groups in total. The molecule has 0 atom stereocenters. The van der Waals surface area contributed by atoms with Crippen molar-refractivity contribution in [1.29, 1.82) is 0 Å². The number of benzene rings is 1. The molecular weight excluding hydrogens is 348 g/mol. The number of aryl methyl sites for hydroxylation is 3. The van der Waals surface area contributed by atoms with Gasteiger partial charge in [-0.3, -0.25) is 0 Å². The summed E-state index contributed by atoms with van der Waals surface area (Å²) < 4.78 is 2.09. The lowest BCUT2D eigenvalue weighted by Gasteiger charge is -2.33. The standard InChI is InChI=1S/C20H26N6.C2H6/c1-13-6-4-5-7-17(13)26-18(12-14(2)24-26)25-10-8-16(9-11-25)19-15(3)22-20(21)23-19;1-2/h4-7,12,16H,8-11H2,1-3H3,(H3,21,22,23);1-2H3. The van der Waals surface area contributed by atoms with Crippen molar-refractivity contribution < 1.29 is 0 Å². The molecule has 0 amide bonds. The molecule has 1 aliphatic heterocycles. The second kappa shape index (κ2) is 8.50. The molecule has 28 heavy (non-hydrogen) atoms. The van der Waals surface area contributed by atoms with Crippen molar-refractivity contribution in [3.05, 3.63) is 53.0 Å². The number of imidazole rings is 1. The molecule has 6 heteroatoms. The van der Waals surface area contributed by atoms with Gasteiger partial charge in [0.2, 0.25) is 0 Å². The number of hydrogen-bond acceptors (Lipinski definition) is 4. The maximum absolute atomic E-state index is 5.82. The molecule has 150 valence electrons. The number of para-hydroxylation sites is 1. The van der Waals surface area contributed by atoms with Gasteiger partial charge in [0.25, 0.3) is 0 Å². The van der Waals surface area contributed by atoms with Crippen LogP contribution in [0.5, 0.6) is 0 Å². The van der Waals surface area contributed by atoms with E-state index < -0.39 is 0 Å². The van der Waals surface area contributed by atoms with Gasteiger partial charge in [-0.2, -0.15) is 5.10 Å². The van der Waals surface area contributed by atoms with Gasteiger partial charge in [0, 0.05) is 30.8 Å². The van der Waals surface area contributed by atoms with Gasteiger partial charge in [0.1, 0.15) is 5.82 Å². The second-order valence-electron chi connectivity index (χ2n) is 7.24. The van der Waals surface area contributed by atoms with Gasteiger partial charge in [-0.05, 0) is 45.2 Å². The maximum atomic E-state index is 5.82. The Labute approximate surface area is 167 Å². The molecular formula is C22H32N6. The van der Waals surface area contributed by atoms with E-state index in [4.69, 9.17) is 10.8 Å². The van der Waals surface area contributed by atoms with E-state index in [0.717, 1.165) is 48.7 Å². The Kier molecular flexibility index (Phi) is 6.07. The number of nitrogens with one attached hydrogen (secondary N) is 1. The Morgan fingerprint density at radius 1 is 1.07 bits per heavy atom. The number of anilines is 2. The minimum absolute atomic E-state index is 0.468. The first-order valence-corrected chi connectivity index (χ1v) is 10.2. The van der Waals surface area contributed by atoms with Crippen LogP contribution in [0, 0.1) is 20.8 Å². The van der Waals surface area contributed by atoms with Crippen molar-refractivity contribution in [1.82, 2.24) is 19.7 Å². The molecule has 2 aromatic heterocycles. The molecule has 3 heterocycles. The molecule has 0 bridgehead atoms. The highest BCUT2D eigenvalue weighted by atomic mass is 15.4. The third kappa shape index (κ3) is 3.91. The van der Waals surface area contributed by atoms with Crippen molar-refractivity contribution in [3.63, 3.8) is 0 Å². The first kappa shape index (κ1) is 20.0. The van der Waals surface area contributed by atoms with Crippen LogP contribution in [0.1, 0.15) is 55.3 Å². The third-order valence-corrected chi connectivity index (χ3v) is 5.30. The number of hydrogen-bond donors (Lipinski definition) is 2. The van der Waals surface area contributed by atoms with Gasteiger partial charge in [0.05, 0.1) is 17.1 Å². The summed E-state index contributed by atoms with van der Waals surface area (Å²) in [6.45, 7) is 12.2. The van der Waals surface area contributed by atoms with Crippen molar-refractivity contribution in [3.8, 4) is 5.69 Å². The van der Waals surface area contributed by atoms with Crippen LogP contribution < -0.4 is 10.6 Å². The molecule has 1 fully saturated rings. The fraction of sp³-hybridized carbons (Fsp3) is 0.455. The molecule has 1 saturated heterocycles. The molecule has 3 aromatic rings. The summed E-state index contributed by atoms with van der Waals surface area (Å²) in [5, 5.41) is 4.75. The molecule has 4 rings (SSSR count). The summed E-state index contributed by atoms with van der Waals surface area (Å²) in [5.74, 6) is 2.16. The molecule has 0 radical (unpaired) electrons. The number of nitrogens with two attached hydrogens (primary N) is 1. The van der Waals surface area contributed by atoms with Crippen molar-refractivity contribution >= 4 is 11.8 Å². The summed E-state index contributed by atoms with van der Waals surface area (Å²) in [7, 11) is 0. The molecule has 0 spiro atoms. The van der Waals surface area contributed by atoms with Crippen LogP contribution in [0.3, 0.4) is 0 Å². The van der Waals surface area contributed by atoms with E-state index in [1.54, 1.807) is 0 Å². The lowest BCUT2D eigenvalue weighted by atomic mass is 9.92.